The summed E-state index contributed by atoms with van der Waals surface area (Å²) in [4.78, 5) is 26.4. The van der Waals surface area contributed by atoms with Crippen LogP contribution in [0.25, 0.3) is 17.0 Å². The van der Waals surface area contributed by atoms with Gasteiger partial charge in [-0.2, -0.15) is 0 Å². The Balaban J connectivity index is 1.50. The third-order valence-electron chi connectivity index (χ3n) is 3.85. The number of amides is 2. The van der Waals surface area contributed by atoms with Gasteiger partial charge in [-0.05, 0) is 29.8 Å². The number of para-hydroxylation sites is 2. The number of aromatic nitrogens is 1. The number of carbonyl (C=O) groups excluding carboxylic acids is 2. The van der Waals surface area contributed by atoms with Crippen molar-refractivity contribution in [2.75, 3.05) is 13.2 Å². The summed E-state index contributed by atoms with van der Waals surface area (Å²) in [5.74, 6) is -0.364. The van der Waals surface area contributed by atoms with Crippen LogP contribution < -0.4 is 15.8 Å². The minimum atomic E-state index is -0.550. The van der Waals surface area contributed by atoms with Gasteiger partial charge in [0.1, 0.15) is 12.4 Å². The molecular formula is C20H19N3O3. The summed E-state index contributed by atoms with van der Waals surface area (Å²) in [6, 6.07) is 14.6. The lowest BCUT2D eigenvalue weighted by Crippen LogP contribution is -2.26. The molecule has 0 aliphatic heterocycles. The first-order chi connectivity index (χ1) is 12.6. The fourth-order valence-electron chi connectivity index (χ4n) is 2.59. The highest BCUT2D eigenvalue weighted by Gasteiger charge is 2.08. The number of rotatable bonds is 7. The number of ether oxygens (including phenoxy) is 1. The average Bonchev–Trinajstić information content (AvgIpc) is 3.07. The quantitative estimate of drug-likeness (QED) is 0.451. The Labute approximate surface area is 150 Å². The predicted octanol–water partition coefficient (Wildman–Crippen LogP) is 2.48. The van der Waals surface area contributed by atoms with Crippen molar-refractivity contribution in [2.45, 2.75) is 0 Å². The topological polar surface area (TPSA) is 97.2 Å². The van der Waals surface area contributed by atoms with E-state index in [4.69, 9.17) is 10.5 Å². The van der Waals surface area contributed by atoms with E-state index >= 15 is 0 Å². The molecule has 0 saturated carbocycles. The van der Waals surface area contributed by atoms with Gasteiger partial charge >= 0.3 is 0 Å². The number of aromatic amines is 1. The van der Waals surface area contributed by atoms with Crippen molar-refractivity contribution in [1.29, 1.82) is 0 Å². The highest BCUT2D eigenvalue weighted by molar-refractivity contribution is 5.96. The van der Waals surface area contributed by atoms with E-state index in [1.54, 1.807) is 30.3 Å². The van der Waals surface area contributed by atoms with Crippen LogP contribution in [0.5, 0.6) is 5.75 Å². The molecule has 0 saturated heterocycles. The highest BCUT2D eigenvalue weighted by Crippen LogP contribution is 2.19. The first kappa shape index (κ1) is 17.3. The van der Waals surface area contributed by atoms with Crippen molar-refractivity contribution < 1.29 is 14.3 Å². The van der Waals surface area contributed by atoms with Crippen LogP contribution in [0, 0.1) is 0 Å². The van der Waals surface area contributed by atoms with Crippen molar-refractivity contribution in [3.05, 3.63) is 71.9 Å². The summed E-state index contributed by atoms with van der Waals surface area (Å²) in [5, 5.41) is 3.79. The Morgan fingerprint density at radius 3 is 2.73 bits per heavy atom. The van der Waals surface area contributed by atoms with E-state index in [1.165, 1.54) is 6.08 Å². The van der Waals surface area contributed by atoms with Gasteiger partial charge in [-0.15, -0.1) is 0 Å². The van der Waals surface area contributed by atoms with E-state index < -0.39 is 5.91 Å². The molecule has 0 radical (unpaired) electrons. The van der Waals surface area contributed by atoms with Gasteiger partial charge in [-0.3, -0.25) is 9.59 Å². The van der Waals surface area contributed by atoms with Crippen molar-refractivity contribution in [2.24, 2.45) is 5.73 Å². The maximum absolute atomic E-state index is 11.9. The first-order valence-electron chi connectivity index (χ1n) is 8.19. The monoisotopic (exact) mass is 349 g/mol. The normalized spacial score (nSPS) is 10.9. The number of H-pyrrole nitrogens is 1. The van der Waals surface area contributed by atoms with Crippen molar-refractivity contribution in [3.8, 4) is 5.75 Å². The van der Waals surface area contributed by atoms with E-state index in [1.807, 2.05) is 30.5 Å². The summed E-state index contributed by atoms with van der Waals surface area (Å²) >= 11 is 0. The number of fused-ring (bicyclic) bond motifs is 1. The molecule has 2 aromatic carbocycles. The molecule has 4 N–H and O–H groups in total. The number of hydrogen-bond donors (Lipinski definition) is 3. The van der Waals surface area contributed by atoms with Crippen molar-refractivity contribution in [3.63, 3.8) is 0 Å². The first-order valence-corrected chi connectivity index (χ1v) is 8.19. The van der Waals surface area contributed by atoms with E-state index in [9.17, 15) is 9.59 Å². The molecule has 3 aromatic rings. The second-order valence-electron chi connectivity index (χ2n) is 5.62. The van der Waals surface area contributed by atoms with Gasteiger partial charge < -0.3 is 20.8 Å². The van der Waals surface area contributed by atoms with Gasteiger partial charge in [0, 0.05) is 23.2 Å². The standard InChI is InChI=1S/C20H19N3O3/c21-20(25)16-6-2-4-8-18(16)26-12-11-22-19(24)10-9-14-13-23-17-7-3-1-5-15(14)17/h1-10,13,23H,11-12H2,(H2,21,25)(H,22,24)/b10-9+. The van der Waals surface area contributed by atoms with Crippen LogP contribution >= 0.6 is 0 Å². The van der Waals surface area contributed by atoms with E-state index in [0.717, 1.165) is 16.5 Å². The molecule has 0 aliphatic carbocycles. The minimum Gasteiger partial charge on any atom is -0.491 e. The lowest BCUT2D eigenvalue weighted by molar-refractivity contribution is -0.116. The van der Waals surface area contributed by atoms with Crippen molar-refractivity contribution in [1.82, 2.24) is 10.3 Å². The molecular weight excluding hydrogens is 330 g/mol. The molecule has 0 aliphatic rings. The smallest absolute Gasteiger partial charge is 0.252 e. The van der Waals surface area contributed by atoms with Crippen LogP contribution in [0.15, 0.2) is 60.8 Å². The number of primary amides is 1. The molecule has 6 heteroatoms. The second kappa shape index (κ2) is 8.02. The minimum absolute atomic E-state index is 0.220. The maximum atomic E-state index is 11.9. The Hall–Kier alpha value is -3.54. The van der Waals surface area contributed by atoms with Gasteiger partial charge in [0.15, 0.2) is 0 Å². The fourth-order valence-corrected chi connectivity index (χ4v) is 2.59. The van der Waals surface area contributed by atoms with Crippen LogP contribution in [-0.4, -0.2) is 29.9 Å². The molecule has 132 valence electrons. The largest absolute Gasteiger partial charge is 0.491 e. The summed E-state index contributed by atoms with van der Waals surface area (Å²) in [5.41, 5.74) is 7.58. The third-order valence-corrected chi connectivity index (χ3v) is 3.85. The number of hydrogen-bond acceptors (Lipinski definition) is 3. The zero-order chi connectivity index (χ0) is 18.4. The molecule has 0 unspecified atom stereocenters. The number of nitrogens with one attached hydrogen (secondary N) is 2. The summed E-state index contributed by atoms with van der Waals surface area (Å²) in [7, 11) is 0. The van der Waals surface area contributed by atoms with Crippen LogP contribution in [-0.2, 0) is 4.79 Å². The molecule has 6 nitrogen and oxygen atoms in total. The SMILES string of the molecule is NC(=O)c1ccccc1OCCNC(=O)/C=C/c1c[nH]c2ccccc12. The predicted molar refractivity (Wildman–Crippen MR) is 101 cm³/mol. The summed E-state index contributed by atoms with van der Waals surface area (Å²) < 4.78 is 5.51. The Morgan fingerprint density at radius 1 is 1.12 bits per heavy atom. The summed E-state index contributed by atoms with van der Waals surface area (Å²) in [6.07, 6.45) is 5.10. The van der Waals surface area contributed by atoms with E-state index in [-0.39, 0.29) is 12.5 Å². The Bertz CT molecular complexity index is 960. The van der Waals surface area contributed by atoms with Crippen LogP contribution in [0.3, 0.4) is 0 Å². The molecule has 0 atom stereocenters. The molecule has 26 heavy (non-hydrogen) atoms. The van der Waals surface area contributed by atoms with Gasteiger partial charge in [0.05, 0.1) is 12.1 Å². The number of benzene rings is 2. The molecule has 0 fully saturated rings. The van der Waals surface area contributed by atoms with Gasteiger partial charge in [0.25, 0.3) is 5.91 Å². The van der Waals surface area contributed by atoms with Crippen LogP contribution in [0.2, 0.25) is 0 Å². The Morgan fingerprint density at radius 2 is 1.88 bits per heavy atom. The number of nitrogens with two attached hydrogens (primary N) is 1. The lowest BCUT2D eigenvalue weighted by atomic mass is 10.1. The second-order valence-corrected chi connectivity index (χ2v) is 5.62. The van der Waals surface area contributed by atoms with Crippen molar-refractivity contribution >= 4 is 28.8 Å². The van der Waals surface area contributed by atoms with Gasteiger partial charge in [-0.25, -0.2) is 0 Å². The average molecular weight is 349 g/mol. The van der Waals surface area contributed by atoms with Crippen LogP contribution in [0.1, 0.15) is 15.9 Å². The molecule has 1 heterocycles. The molecule has 2 amide bonds. The van der Waals surface area contributed by atoms with Gasteiger partial charge in [0.2, 0.25) is 5.91 Å². The Kier molecular flexibility index (Phi) is 5.34. The zero-order valence-corrected chi connectivity index (χ0v) is 14.1. The van der Waals surface area contributed by atoms with Gasteiger partial charge in [-0.1, -0.05) is 30.3 Å². The molecule has 0 bridgehead atoms. The third kappa shape index (κ3) is 4.10. The molecule has 1 aromatic heterocycles. The number of carbonyl (C=O) groups is 2. The highest BCUT2D eigenvalue weighted by atomic mass is 16.5. The fraction of sp³-hybridized carbons (Fsp3) is 0.100. The molecule has 3 rings (SSSR count). The van der Waals surface area contributed by atoms with E-state index in [2.05, 4.69) is 10.3 Å². The zero-order valence-electron chi connectivity index (χ0n) is 14.1. The molecule has 0 spiro atoms. The van der Waals surface area contributed by atoms with Crippen LogP contribution in [0.4, 0.5) is 0 Å². The lowest BCUT2D eigenvalue weighted by Gasteiger charge is -2.09. The maximum Gasteiger partial charge on any atom is 0.252 e. The summed E-state index contributed by atoms with van der Waals surface area (Å²) in [6.45, 7) is 0.543. The van der Waals surface area contributed by atoms with E-state index in [0.29, 0.717) is 17.9 Å².